The van der Waals surface area contributed by atoms with Crippen LogP contribution in [0.15, 0.2) is 42.9 Å². The van der Waals surface area contributed by atoms with Crippen LogP contribution in [0.25, 0.3) is 0 Å². The molecule has 1 atom stereocenters. The number of carbonyl (C=O) groups excluding carboxylic acids is 3. The first-order valence-corrected chi connectivity index (χ1v) is 11.3. The van der Waals surface area contributed by atoms with Crippen molar-refractivity contribution >= 4 is 23.4 Å². The molecule has 2 aliphatic heterocycles. The first kappa shape index (κ1) is 21.9. The number of hydrogen-bond donors (Lipinski definition) is 0. The van der Waals surface area contributed by atoms with Crippen LogP contribution in [0.4, 0.5) is 5.69 Å². The molecule has 4 rings (SSSR count). The monoisotopic (exact) mass is 435 g/mol. The minimum atomic E-state index is -0.343. The number of aromatic nitrogens is 2. The van der Waals surface area contributed by atoms with Crippen LogP contribution < -0.4 is 4.90 Å². The number of unbranched alkanes of at least 4 members (excludes halogenated alkanes) is 1. The molecular weight excluding hydrogens is 406 g/mol. The molecule has 2 saturated heterocycles. The standard InChI is InChI=1S/C24H29N5O3/c1-2-3-4-18-5-7-20(8-6-18)29-17-19(15-22(29)30)23(31)27-11-13-28(14-12-27)24(32)21-16-25-9-10-26-21/h5-10,16,19H,2-4,11-15,17H2,1H3. The van der Waals surface area contributed by atoms with Crippen molar-refractivity contribution in [3.05, 3.63) is 54.1 Å². The van der Waals surface area contributed by atoms with Crippen LogP contribution in [0.5, 0.6) is 0 Å². The second-order valence-electron chi connectivity index (χ2n) is 8.38. The van der Waals surface area contributed by atoms with E-state index in [0.717, 1.165) is 24.9 Å². The molecule has 168 valence electrons. The molecule has 8 heteroatoms. The average Bonchev–Trinajstić information content (AvgIpc) is 3.24. The number of rotatable bonds is 6. The lowest BCUT2D eigenvalue weighted by molar-refractivity contribution is -0.137. The summed E-state index contributed by atoms with van der Waals surface area (Å²) in [6.45, 7) is 4.40. The van der Waals surface area contributed by atoms with E-state index in [1.807, 2.05) is 12.1 Å². The summed E-state index contributed by atoms with van der Waals surface area (Å²) in [5.74, 6) is -0.535. The molecule has 32 heavy (non-hydrogen) atoms. The van der Waals surface area contributed by atoms with Gasteiger partial charge in [-0.3, -0.25) is 19.4 Å². The Labute approximate surface area is 188 Å². The molecule has 3 heterocycles. The molecule has 0 bridgehead atoms. The third-order valence-electron chi connectivity index (χ3n) is 6.20. The Kier molecular flexibility index (Phi) is 6.78. The van der Waals surface area contributed by atoms with E-state index in [-0.39, 0.29) is 30.1 Å². The van der Waals surface area contributed by atoms with Crippen LogP contribution in [0, 0.1) is 5.92 Å². The predicted octanol–water partition coefficient (Wildman–Crippen LogP) is 2.16. The molecule has 0 N–H and O–H groups in total. The van der Waals surface area contributed by atoms with Gasteiger partial charge in [0.15, 0.2) is 0 Å². The van der Waals surface area contributed by atoms with Gasteiger partial charge in [0.1, 0.15) is 5.69 Å². The Morgan fingerprint density at radius 3 is 2.41 bits per heavy atom. The van der Waals surface area contributed by atoms with E-state index in [0.29, 0.717) is 38.4 Å². The minimum absolute atomic E-state index is 0.00739. The second-order valence-corrected chi connectivity index (χ2v) is 8.38. The van der Waals surface area contributed by atoms with Gasteiger partial charge in [0.05, 0.1) is 12.1 Å². The van der Waals surface area contributed by atoms with Crippen LogP contribution in [0.3, 0.4) is 0 Å². The van der Waals surface area contributed by atoms with Crippen molar-refractivity contribution in [3.8, 4) is 0 Å². The van der Waals surface area contributed by atoms with Crippen molar-refractivity contribution in [3.63, 3.8) is 0 Å². The highest BCUT2D eigenvalue weighted by molar-refractivity contribution is 6.00. The van der Waals surface area contributed by atoms with Gasteiger partial charge in [-0.25, -0.2) is 4.98 Å². The SMILES string of the molecule is CCCCc1ccc(N2CC(C(=O)N3CCN(C(=O)c4cnccn4)CC3)CC2=O)cc1. The fourth-order valence-corrected chi connectivity index (χ4v) is 4.31. The van der Waals surface area contributed by atoms with Crippen LogP contribution in [0.1, 0.15) is 42.2 Å². The molecule has 1 aromatic carbocycles. The van der Waals surface area contributed by atoms with E-state index in [9.17, 15) is 14.4 Å². The Hall–Kier alpha value is -3.29. The molecular formula is C24H29N5O3. The van der Waals surface area contributed by atoms with Gasteiger partial charge in [-0.2, -0.15) is 0 Å². The lowest BCUT2D eigenvalue weighted by Gasteiger charge is -2.35. The van der Waals surface area contributed by atoms with Gasteiger partial charge in [0, 0.05) is 57.2 Å². The zero-order chi connectivity index (χ0) is 22.5. The van der Waals surface area contributed by atoms with Crippen molar-refractivity contribution in [2.75, 3.05) is 37.6 Å². The quantitative estimate of drug-likeness (QED) is 0.694. The number of nitrogens with zero attached hydrogens (tertiary/aromatic N) is 5. The molecule has 3 amide bonds. The molecule has 0 spiro atoms. The molecule has 1 aromatic heterocycles. The Morgan fingerprint density at radius 1 is 1.03 bits per heavy atom. The van der Waals surface area contributed by atoms with E-state index >= 15 is 0 Å². The average molecular weight is 436 g/mol. The normalized spacial score (nSPS) is 18.8. The third-order valence-corrected chi connectivity index (χ3v) is 6.20. The summed E-state index contributed by atoms with van der Waals surface area (Å²) in [4.78, 5) is 51.4. The summed E-state index contributed by atoms with van der Waals surface area (Å²) in [5, 5.41) is 0. The second kappa shape index (κ2) is 9.89. The summed E-state index contributed by atoms with van der Waals surface area (Å²) in [6.07, 6.45) is 8.05. The number of hydrogen-bond acceptors (Lipinski definition) is 5. The predicted molar refractivity (Wildman–Crippen MR) is 120 cm³/mol. The number of aryl methyl sites for hydroxylation is 1. The maximum atomic E-state index is 13.1. The number of carbonyl (C=O) groups is 3. The lowest BCUT2D eigenvalue weighted by atomic mass is 10.1. The summed E-state index contributed by atoms with van der Waals surface area (Å²) < 4.78 is 0. The minimum Gasteiger partial charge on any atom is -0.339 e. The Balaban J connectivity index is 1.32. The highest BCUT2D eigenvalue weighted by Crippen LogP contribution is 2.27. The smallest absolute Gasteiger partial charge is 0.274 e. The maximum Gasteiger partial charge on any atom is 0.274 e. The van der Waals surface area contributed by atoms with Gasteiger partial charge in [-0.1, -0.05) is 25.5 Å². The Morgan fingerprint density at radius 2 is 1.75 bits per heavy atom. The fourth-order valence-electron chi connectivity index (χ4n) is 4.31. The highest BCUT2D eigenvalue weighted by Gasteiger charge is 2.38. The number of anilines is 1. The van der Waals surface area contributed by atoms with Crippen LogP contribution in [-0.4, -0.2) is 70.2 Å². The van der Waals surface area contributed by atoms with Crippen LogP contribution in [-0.2, 0) is 16.0 Å². The van der Waals surface area contributed by atoms with E-state index in [1.54, 1.807) is 14.7 Å². The molecule has 2 fully saturated rings. The van der Waals surface area contributed by atoms with Gasteiger partial charge < -0.3 is 14.7 Å². The topological polar surface area (TPSA) is 86.7 Å². The molecule has 1 unspecified atom stereocenters. The van der Waals surface area contributed by atoms with E-state index in [2.05, 4.69) is 29.0 Å². The van der Waals surface area contributed by atoms with Crippen molar-refractivity contribution in [2.45, 2.75) is 32.6 Å². The largest absolute Gasteiger partial charge is 0.339 e. The van der Waals surface area contributed by atoms with Crippen LogP contribution >= 0.6 is 0 Å². The summed E-state index contributed by atoms with van der Waals surface area (Å²) in [5.41, 5.74) is 2.43. The van der Waals surface area contributed by atoms with Crippen molar-refractivity contribution in [1.29, 1.82) is 0 Å². The zero-order valence-electron chi connectivity index (χ0n) is 18.4. The van der Waals surface area contributed by atoms with Gasteiger partial charge in [0.2, 0.25) is 11.8 Å². The summed E-state index contributed by atoms with van der Waals surface area (Å²) in [6, 6.07) is 8.10. The first-order chi connectivity index (χ1) is 15.6. The first-order valence-electron chi connectivity index (χ1n) is 11.3. The van der Waals surface area contributed by atoms with Gasteiger partial charge in [-0.05, 0) is 30.5 Å². The molecule has 2 aliphatic rings. The fraction of sp³-hybridized carbons (Fsp3) is 0.458. The summed E-state index contributed by atoms with van der Waals surface area (Å²) >= 11 is 0. The zero-order valence-corrected chi connectivity index (χ0v) is 18.4. The molecule has 2 aromatic rings. The summed E-state index contributed by atoms with van der Waals surface area (Å²) in [7, 11) is 0. The molecule has 0 saturated carbocycles. The van der Waals surface area contributed by atoms with Gasteiger partial charge >= 0.3 is 0 Å². The van der Waals surface area contributed by atoms with E-state index < -0.39 is 0 Å². The van der Waals surface area contributed by atoms with E-state index in [4.69, 9.17) is 0 Å². The van der Waals surface area contributed by atoms with Gasteiger partial charge in [0.25, 0.3) is 5.91 Å². The van der Waals surface area contributed by atoms with Crippen molar-refractivity contribution < 1.29 is 14.4 Å². The van der Waals surface area contributed by atoms with Gasteiger partial charge in [-0.15, -0.1) is 0 Å². The maximum absolute atomic E-state index is 13.1. The molecule has 0 aliphatic carbocycles. The highest BCUT2D eigenvalue weighted by atomic mass is 16.2. The van der Waals surface area contributed by atoms with Crippen molar-refractivity contribution in [2.24, 2.45) is 5.92 Å². The van der Waals surface area contributed by atoms with Crippen LogP contribution in [0.2, 0.25) is 0 Å². The molecule has 8 nitrogen and oxygen atoms in total. The lowest BCUT2D eigenvalue weighted by Crippen LogP contribution is -2.52. The number of benzene rings is 1. The van der Waals surface area contributed by atoms with Crippen molar-refractivity contribution in [1.82, 2.24) is 19.8 Å². The third kappa shape index (κ3) is 4.79. The Bertz CT molecular complexity index is 955. The molecule has 0 radical (unpaired) electrons. The number of piperazine rings is 1. The van der Waals surface area contributed by atoms with E-state index in [1.165, 1.54) is 24.2 Å². The number of amides is 3.